The Morgan fingerprint density at radius 3 is 2.90 bits per heavy atom. The topological polar surface area (TPSA) is 26.0 Å². The van der Waals surface area contributed by atoms with Gasteiger partial charge in [0.2, 0.25) is 0 Å². The maximum atomic E-state index is 5.62. The van der Waals surface area contributed by atoms with Crippen LogP contribution in [0.1, 0.15) is 13.8 Å². The van der Waals surface area contributed by atoms with Crippen molar-refractivity contribution < 1.29 is 0 Å². The third kappa shape index (κ3) is 1.50. The smallest absolute Gasteiger partial charge is 0.0313 e. The molecule has 0 aromatic rings. The molecule has 0 fully saturated rings. The fourth-order valence-electron chi connectivity index (χ4n) is 0.928. The van der Waals surface area contributed by atoms with E-state index in [0.29, 0.717) is 5.92 Å². The van der Waals surface area contributed by atoms with E-state index >= 15 is 0 Å². The zero-order valence-corrected chi connectivity index (χ0v) is 6.46. The van der Waals surface area contributed by atoms with Crippen LogP contribution in [-0.2, 0) is 0 Å². The Hall–Kier alpha value is -0.980. The van der Waals surface area contributed by atoms with E-state index in [0.717, 1.165) is 5.70 Å². The van der Waals surface area contributed by atoms with Crippen LogP contribution in [0.3, 0.4) is 0 Å². The van der Waals surface area contributed by atoms with Gasteiger partial charge in [-0.05, 0) is 25.0 Å². The van der Waals surface area contributed by atoms with E-state index < -0.39 is 0 Å². The monoisotopic (exact) mass is 135 g/mol. The van der Waals surface area contributed by atoms with Gasteiger partial charge in [-0.2, -0.15) is 0 Å². The van der Waals surface area contributed by atoms with Crippen molar-refractivity contribution >= 4 is 0 Å². The lowest BCUT2D eigenvalue weighted by molar-refractivity contribution is 0.864. The van der Waals surface area contributed by atoms with Gasteiger partial charge in [-0.3, -0.25) is 0 Å². The minimum atomic E-state index is 0.525. The normalized spacial score (nSPS) is 25.2. The van der Waals surface area contributed by atoms with Crippen molar-refractivity contribution in [2.24, 2.45) is 11.7 Å². The Morgan fingerprint density at radius 1 is 1.50 bits per heavy atom. The number of nitrogens with two attached hydrogens (primary N) is 1. The highest BCUT2D eigenvalue weighted by Gasteiger charge is 2.00. The van der Waals surface area contributed by atoms with E-state index in [-0.39, 0.29) is 0 Å². The molecular weight excluding hydrogens is 122 g/mol. The Morgan fingerprint density at radius 2 is 2.20 bits per heavy atom. The highest BCUT2D eigenvalue weighted by Crippen LogP contribution is 2.14. The van der Waals surface area contributed by atoms with E-state index in [1.807, 2.05) is 18.2 Å². The van der Waals surface area contributed by atoms with E-state index in [1.54, 1.807) is 0 Å². The van der Waals surface area contributed by atoms with Crippen molar-refractivity contribution in [3.63, 3.8) is 0 Å². The molecule has 1 unspecified atom stereocenters. The molecule has 0 bridgehead atoms. The van der Waals surface area contributed by atoms with Crippen molar-refractivity contribution in [3.8, 4) is 0 Å². The van der Waals surface area contributed by atoms with E-state index in [9.17, 15) is 0 Å². The lowest BCUT2D eigenvalue weighted by atomic mass is 10.0. The van der Waals surface area contributed by atoms with Gasteiger partial charge in [-0.1, -0.05) is 24.6 Å². The van der Waals surface area contributed by atoms with Gasteiger partial charge < -0.3 is 5.73 Å². The largest absolute Gasteiger partial charge is 0.399 e. The molecule has 1 rings (SSSR count). The van der Waals surface area contributed by atoms with Gasteiger partial charge in [-0.25, -0.2) is 0 Å². The molecule has 1 nitrogen and oxygen atoms in total. The van der Waals surface area contributed by atoms with Crippen molar-refractivity contribution in [2.75, 3.05) is 0 Å². The summed E-state index contributed by atoms with van der Waals surface area (Å²) >= 11 is 0. The van der Waals surface area contributed by atoms with Gasteiger partial charge in [0.05, 0.1) is 0 Å². The highest BCUT2D eigenvalue weighted by molar-refractivity contribution is 5.30. The first-order valence-electron chi connectivity index (χ1n) is 3.52. The van der Waals surface area contributed by atoms with E-state index in [4.69, 9.17) is 5.73 Å². The molecule has 2 N–H and O–H groups in total. The van der Waals surface area contributed by atoms with Crippen molar-refractivity contribution in [1.82, 2.24) is 0 Å². The lowest BCUT2D eigenvalue weighted by Crippen LogP contribution is -1.94. The summed E-state index contributed by atoms with van der Waals surface area (Å²) in [4.78, 5) is 0. The van der Waals surface area contributed by atoms with Gasteiger partial charge in [0.25, 0.3) is 0 Å². The Labute approximate surface area is 61.9 Å². The van der Waals surface area contributed by atoms with Crippen LogP contribution in [0.25, 0.3) is 0 Å². The number of rotatable bonds is 0. The van der Waals surface area contributed by atoms with Gasteiger partial charge in [-0.15, -0.1) is 0 Å². The van der Waals surface area contributed by atoms with Crippen LogP contribution in [0, 0.1) is 5.92 Å². The molecule has 0 saturated heterocycles. The van der Waals surface area contributed by atoms with E-state index in [1.165, 1.54) is 5.57 Å². The fraction of sp³-hybridized carbons (Fsp3) is 0.333. The standard InChI is InChI=1S/C9H13N/c1-7-4-3-5-9(10)6-8(7)2/h3-7H,10H2,1-2H3. The van der Waals surface area contributed by atoms with Crippen LogP contribution >= 0.6 is 0 Å². The van der Waals surface area contributed by atoms with Gasteiger partial charge in [0.15, 0.2) is 0 Å². The zero-order valence-electron chi connectivity index (χ0n) is 6.46. The maximum Gasteiger partial charge on any atom is 0.0313 e. The molecule has 1 heteroatoms. The molecule has 1 aliphatic carbocycles. The van der Waals surface area contributed by atoms with Crippen molar-refractivity contribution in [3.05, 3.63) is 35.6 Å². The van der Waals surface area contributed by atoms with Crippen LogP contribution in [0.5, 0.6) is 0 Å². The van der Waals surface area contributed by atoms with Gasteiger partial charge in [0, 0.05) is 5.70 Å². The predicted molar refractivity (Wildman–Crippen MR) is 44.3 cm³/mol. The van der Waals surface area contributed by atoms with Crippen LogP contribution in [-0.4, -0.2) is 0 Å². The molecule has 0 aliphatic heterocycles. The molecule has 0 heterocycles. The molecule has 0 spiro atoms. The Kier molecular flexibility index (Phi) is 1.95. The van der Waals surface area contributed by atoms with Crippen LogP contribution in [0.2, 0.25) is 0 Å². The Balaban J connectivity index is 2.90. The first-order valence-corrected chi connectivity index (χ1v) is 3.52. The van der Waals surface area contributed by atoms with Gasteiger partial charge >= 0.3 is 0 Å². The summed E-state index contributed by atoms with van der Waals surface area (Å²) in [6, 6.07) is 0. The molecule has 10 heavy (non-hydrogen) atoms. The maximum absolute atomic E-state index is 5.62. The molecule has 0 amide bonds. The van der Waals surface area contributed by atoms with Crippen molar-refractivity contribution in [1.29, 1.82) is 0 Å². The summed E-state index contributed by atoms with van der Waals surface area (Å²) in [7, 11) is 0. The third-order valence-corrected chi connectivity index (χ3v) is 1.80. The molecule has 0 radical (unpaired) electrons. The quantitative estimate of drug-likeness (QED) is 0.540. The first kappa shape index (κ1) is 7.13. The minimum Gasteiger partial charge on any atom is -0.399 e. The number of allylic oxidation sites excluding steroid dienone is 5. The molecular formula is C9H13N. The minimum absolute atomic E-state index is 0.525. The SMILES string of the molecule is CC1=CC(N)=CC=CC1C. The second-order valence-electron chi connectivity index (χ2n) is 2.73. The average Bonchev–Trinajstić information content (AvgIpc) is 1.96. The summed E-state index contributed by atoms with van der Waals surface area (Å²) < 4.78 is 0. The molecule has 54 valence electrons. The zero-order chi connectivity index (χ0) is 7.56. The van der Waals surface area contributed by atoms with Crippen LogP contribution in [0.4, 0.5) is 0 Å². The molecule has 1 atom stereocenters. The second-order valence-corrected chi connectivity index (χ2v) is 2.73. The average molecular weight is 135 g/mol. The number of hydrogen-bond donors (Lipinski definition) is 1. The van der Waals surface area contributed by atoms with Crippen LogP contribution in [0.15, 0.2) is 35.6 Å². The molecule has 1 aliphatic rings. The summed E-state index contributed by atoms with van der Waals surface area (Å²) in [6.07, 6.45) is 8.09. The summed E-state index contributed by atoms with van der Waals surface area (Å²) in [5.41, 5.74) is 7.79. The predicted octanol–water partition coefficient (Wildman–Crippen LogP) is 1.98. The van der Waals surface area contributed by atoms with E-state index in [2.05, 4.69) is 19.9 Å². The summed E-state index contributed by atoms with van der Waals surface area (Å²) in [6.45, 7) is 4.26. The first-order chi connectivity index (χ1) is 4.70. The third-order valence-electron chi connectivity index (χ3n) is 1.80. The van der Waals surface area contributed by atoms with Gasteiger partial charge in [0.1, 0.15) is 0 Å². The summed E-state index contributed by atoms with van der Waals surface area (Å²) in [5.74, 6) is 0.525. The van der Waals surface area contributed by atoms with Crippen molar-refractivity contribution in [2.45, 2.75) is 13.8 Å². The molecule has 0 saturated carbocycles. The van der Waals surface area contributed by atoms with Crippen LogP contribution < -0.4 is 5.73 Å². The second kappa shape index (κ2) is 2.74. The molecule has 0 aromatic carbocycles. The Bertz CT molecular complexity index is 209. The molecule has 0 aromatic heterocycles. The highest BCUT2D eigenvalue weighted by atomic mass is 14.6. The fourth-order valence-corrected chi connectivity index (χ4v) is 0.928. The number of hydrogen-bond acceptors (Lipinski definition) is 1. The lowest BCUT2D eigenvalue weighted by Gasteiger charge is -2.03. The summed E-state index contributed by atoms with van der Waals surface area (Å²) in [5, 5.41) is 0.